The lowest BCUT2D eigenvalue weighted by atomic mass is 10.2. The van der Waals surface area contributed by atoms with Crippen molar-refractivity contribution in [2.75, 3.05) is 41.9 Å². The van der Waals surface area contributed by atoms with E-state index in [0.717, 1.165) is 11.9 Å². The van der Waals surface area contributed by atoms with Crippen molar-refractivity contribution < 1.29 is 17.6 Å². The summed E-state index contributed by atoms with van der Waals surface area (Å²) in [6, 6.07) is 9.30. The van der Waals surface area contributed by atoms with Crippen molar-refractivity contribution in [3.63, 3.8) is 0 Å². The van der Waals surface area contributed by atoms with Gasteiger partial charge in [0, 0.05) is 45.3 Å². The van der Waals surface area contributed by atoms with Crippen LogP contribution < -0.4 is 9.21 Å². The van der Waals surface area contributed by atoms with Crippen molar-refractivity contribution in [3.05, 3.63) is 48.4 Å². The second kappa shape index (κ2) is 8.99. The van der Waals surface area contributed by atoms with E-state index < -0.39 is 15.8 Å². The number of amides is 1. The largest absolute Gasteiger partial charge is 0.368 e. The maximum atomic E-state index is 13.3. The SMILES string of the molecule is CC(=O)N1CCN(c2ccc(S(=O)(=O)N(CC(C)C)c3ccc(F)cn3)cc2)CC1. The molecule has 2 heterocycles. The molecule has 1 saturated heterocycles. The van der Waals surface area contributed by atoms with Crippen LogP contribution in [-0.4, -0.2) is 56.9 Å². The van der Waals surface area contributed by atoms with Crippen molar-refractivity contribution in [1.29, 1.82) is 0 Å². The second-order valence-corrected chi connectivity index (χ2v) is 9.61. The molecule has 0 atom stereocenters. The first-order valence-corrected chi connectivity index (χ1v) is 11.4. The maximum absolute atomic E-state index is 13.3. The van der Waals surface area contributed by atoms with Crippen molar-refractivity contribution in [2.24, 2.45) is 5.92 Å². The average Bonchev–Trinajstić information content (AvgIpc) is 2.73. The molecule has 1 aromatic carbocycles. The number of carbonyl (C=O) groups excluding carboxylic acids is 1. The quantitative estimate of drug-likeness (QED) is 0.699. The van der Waals surface area contributed by atoms with Gasteiger partial charge in [-0.1, -0.05) is 13.8 Å². The van der Waals surface area contributed by atoms with Crippen LogP contribution in [0.3, 0.4) is 0 Å². The third-order valence-corrected chi connectivity index (χ3v) is 6.80. The summed E-state index contributed by atoms with van der Waals surface area (Å²) in [6.45, 7) is 8.31. The number of carbonyl (C=O) groups is 1. The van der Waals surface area contributed by atoms with Crippen LogP contribution in [-0.2, 0) is 14.8 Å². The second-order valence-electron chi connectivity index (χ2n) is 7.75. The molecule has 1 aliphatic rings. The molecular formula is C21H27FN4O3S. The van der Waals surface area contributed by atoms with Gasteiger partial charge in [0.2, 0.25) is 5.91 Å². The third-order valence-electron chi connectivity index (χ3n) is 5.01. The molecule has 2 aromatic rings. The van der Waals surface area contributed by atoms with Gasteiger partial charge in [-0.2, -0.15) is 0 Å². The Labute approximate surface area is 177 Å². The Bertz CT molecular complexity index is 970. The molecule has 0 N–H and O–H groups in total. The van der Waals surface area contributed by atoms with Crippen LogP contribution in [0.5, 0.6) is 0 Å². The van der Waals surface area contributed by atoms with E-state index in [1.165, 1.54) is 16.4 Å². The van der Waals surface area contributed by atoms with Gasteiger partial charge in [-0.3, -0.25) is 4.79 Å². The third kappa shape index (κ3) is 4.89. The lowest BCUT2D eigenvalue weighted by Gasteiger charge is -2.35. The Morgan fingerprint density at radius 1 is 1.10 bits per heavy atom. The Morgan fingerprint density at radius 2 is 1.73 bits per heavy atom. The summed E-state index contributed by atoms with van der Waals surface area (Å²) in [5.74, 6) is -0.205. The predicted molar refractivity (Wildman–Crippen MR) is 114 cm³/mol. The number of aromatic nitrogens is 1. The van der Waals surface area contributed by atoms with Crippen LogP contribution >= 0.6 is 0 Å². The van der Waals surface area contributed by atoms with Crippen LogP contribution in [0.2, 0.25) is 0 Å². The zero-order valence-electron chi connectivity index (χ0n) is 17.5. The molecule has 1 amide bonds. The molecule has 0 unspecified atom stereocenters. The molecule has 1 fully saturated rings. The highest BCUT2D eigenvalue weighted by Crippen LogP contribution is 2.26. The molecule has 7 nitrogen and oxygen atoms in total. The summed E-state index contributed by atoms with van der Waals surface area (Å²) >= 11 is 0. The first kappa shape index (κ1) is 22.0. The van der Waals surface area contributed by atoms with Gasteiger partial charge < -0.3 is 9.80 Å². The number of rotatable bonds is 6. The van der Waals surface area contributed by atoms with Crippen molar-refractivity contribution in [1.82, 2.24) is 9.88 Å². The number of anilines is 2. The van der Waals surface area contributed by atoms with Crippen LogP contribution in [0, 0.1) is 11.7 Å². The molecule has 9 heteroatoms. The molecule has 0 saturated carbocycles. The Hall–Kier alpha value is -2.68. The Morgan fingerprint density at radius 3 is 2.23 bits per heavy atom. The van der Waals surface area contributed by atoms with E-state index in [0.29, 0.717) is 26.2 Å². The topological polar surface area (TPSA) is 73.8 Å². The van der Waals surface area contributed by atoms with E-state index in [1.807, 2.05) is 13.8 Å². The van der Waals surface area contributed by atoms with E-state index in [2.05, 4.69) is 9.88 Å². The van der Waals surface area contributed by atoms with Gasteiger partial charge in [0.1, 0.15) is 11.6 Å². The highest BCUT2D eigenvalue weighted by molar-refractivity contribution is 7.92. The maximum Gasteiger partial charge on any atom is 0.265 e. The first-order valence-electron chi connectivity index (χ1n) is 9.93. The van der Waals surface area contributed by atoms with E-state index in [1.54, 1.807) is 36.1 Å². The van der Waals surface area contributed by atoms with Crippen LogP contribution in [0.15, 0.2) is 47.5 Å². The highest BCUT2D eigenvalue weighted by Gasteiger charge is 2.27. The molecule has 3 rings (SSSR count). The Balaban J connectivity index is 1.82. The molecular weight excluding hydrogens is 407 g/mol. The molecule has 30 heavy (non-hydrogen) atoms. The van der Waals surface area contributed by atoms with Crippen molar-refractivity contribution in [3.8, 4) is 0 Å². The summed E-state index contributed by atoms with van der Waals surface area (Å²) in [5.41, 5.74) is 0.910. The van der Waals surface area contributed by atoms with E-state index in [-0.39, 0.29) is 29.1 Å². The minimum absolute atomic E-state index is 0.0588. The van der Waals surface area contributed by atoms with Crippen LogP contribution in [0.4, 0.5) is 15.9 Å². The lowest BCUT2D eigenvalue weighted by molar-refractivity contribution is -0.129. The number of hydrogen-bond donors (Lipinski definition) is 0. The summed E-state index contributed by atoms with van der Waals surface area (Å²) in [6.07, 6.45) is 1.02. The zero-order chi connectivity index (χ0) is 21.9. The monoisotopic (exact) mass is 434 g/mol. The fourth-order valence-electron chi connectivity index (χ4n) is 3.40. The normalized spacial score (nSPS) is 14.8. The Kier molecular flexibility index (Phi) is 6.60. The smallest absolute Gasteiger partial charge is 0.265 e. The average molecular weight is 435 g/mol. The standard InChI is InChI=1S/C21H27FN4O3S/c1-16(2)15-26(21-9-4-18(22)14-23-21)30(28,29)20-7-5-19(6-8-20)25-12-10-24(11-13-25)17(3)27/h4-9,14,16H,10-13,15H2,1-3H3. The van der Waals surface area contributed by atoms with Gasteiger partial charge in [-0.05, 0) is 42.3 Å². The number of sulfonamides is 1. The number of piperazine rings is 1. The first-order chi connectivity index (χ1) is 14.2. The fraction of sp³-hybridized carbons (Fsp3) is 0.429. The number of pyridine rings is 1. The van der Waals surface area contributed by atoms with Crippen molar-refractivity contribution >= 4 is 27.4 Å². The van der Waals surface area contributed by atoms with Gasteiger partial charge in [-0.15, -0.1) is 0 Å². The van der Waals surface area contributed by atoms with Crippen LogP contribution in [0.25, 0.3) is 0 Å². The predicted octanol–water partition coefficient (Wildman–Crippen LogP) is 2.74. The van der Waals surface area contributed by atoms with Gasteiger partial charge in [0.25, 0.3) is 10.0 Å². The molecule has 0 spiro atoms. The minimum atomic E-state index is -3.85. The van der Waals surface area contributed by atoms with Gasteiger partial charge in [0.15, 0.2) is 0 Å². The summed E-state index contributed by atoms with van der Waals surface area (Å²) in [4.78, 5) is 19.5. The molecule has 0 radical (unpaired) electrons. The zero-order valence-corrected chi connectivity index (χ0v) is 18.3. The van der Waals surface area contributed by atoms with E-state index >= 15 is 0 Å². The van der Waals surface area contributed by atoms with Gasteiger partial charge in [0.05, 0.1) is 11.1 Å². The van der Waals surface area contributed by atoms with E-state index in [9.17, 15) is 17.6 Å². The molecule has 1 aromatic heterocycles. The van der Waals surface area contributed by atoms with E-state index in [4.69, 9.17) is 0 Å². The molecule has 162 valence electrons. The van der Waals surface area contributed by atoms with Crippen molar-refractivity contribution in [2.45, 2.75) is 25.7 Å². The number of halogens is 1. The van der Waals surface area contributed by atoms with Gasteiger partial charge in [-0.25, -0.2) is 22.1 Å². The molecule has 0 bridgehead atoms. The van der Waals surface area contributed by atoms with Crippen LogP contribution in [0.1, 0.15) is 20.8 Å². The summed E-state index contributed by atoms with van der Waals surface area (Å²) in [5, 5.41) is 0. The number of hydrogen-bond acceptors (Lipinski definition) is 5. The molecule has 1 aliphatic heterocycles. The number of benzene rings is 1. The fourth-order valence-corrected chi connectivity index (χ4v) is 4.98. The molecule has 0 aliphatic carbocycles. The minimum Gasteiger partial charge on any atom is -0.368 e. The lowest BCUT2D eigenvalue weighted by Crippen LogP contribution is -2.48. The summed E-state index contributed by atoms with van der Waals surface area (Å²) < 4.78 is 41.1. The van der Waals surface area contributed by atoms with Gasteiger partial charge >= 0.3 is 0 Å². The number of nitrogens with zero attached hydrogens (tertiary/aromatic N) is 4. The summed E-state index contributed by atoms with van der Waals surface area (Å²) in [7, 11) is -3.85. The highest BCUT2D eigenvalue weighted by atomic mass is 32.2.